The van der Waals surface area contributed by atoms with Crippen LogP contribution in [0.1, 0.15) is 83.0 Å². The summed E-state index contributed by atoms with van der Waals surface area (Å²) in [6.07, 6.45) is -1.23. The molecule has 2 aromatic rings. The zero-order chi connectivity index (χ0) is 24.0. The van der Waals surface area contributed by atoms with Gasteiger partial charge in [-0.25, -0.2) is 19.2 Å². The monoisotopic (exact) mass is 470 g/mol. The first-order valence-corrected chi connectivity index (χ1v) is 11.5. The second-order valence-corrected chi connectivity index (χ2v) is 10.3. The zero-order valence-electron chi connectivity index (χ0n) is 19.2. The predicted molar refractivity (Wildman–Crippen MR) is 114 cm³/mol. The molecule has 1 N–H and O–H groups in total. The van der Waals surface area contributed by atoms with Crippen molar-refractivity contribution in [3.63, 3.8) is 0 Å². The highest BCUT2D eigenvalue weighted by Crippen LogP contribution is 2.48. The first-order valence-electron chi connectivity index (χ1n) is 11.5. The summed E-state index contributed by atoms with van der Waals surface area (Å²) in [7, 11) is 0. The molecule has 2 aromatic heterocycles. The number of hydrogen-bond acceptors (Lipinski definition) is 4. The predicted octanol–water partition coefficient (Wildman–Crippen LogP) is 5.98. The molecule has 10 heteroatoms. The molecule has 1 aliphatic carbocycles. The minimum absolute atomic E-state index is 0.0393. The lowest BCUT2D eigenvalue weighted by atomic mass is 9.65. The lowest BCUT2D eigenvalue weighted by Gasteiger charge is -2.40. The van der Waals surface area contributed by atoms with Gasteiger partial charge in [-0.1, -0.05) is 6.42 Å². The van der Waals surface area contributed by atoms with E-state index in [-0.39, 0.29) is 18.4 Å². The number of fused-ring (bicyclic) bond motifs is 1. The molecule has 1 saturated heterocycles. The van der Waals surface area contributed by atoms with Crippen molar-refractivity contribution in [2.75, 3.05) is 13.1 Å². The van der Waals surface area contributed by atoms with Gasteiger partial charge in [0.15, 0.2) is 5.65 Å². The minimum Gasteiger partial charge on any atom is -0.444 e. The van der Waals surface area contributed by atoms with Crippen LogP contribution in [-0.4, -0.2) is 50.8 Å². The van der Waals surface area contributed by atoms with E-state index in [0.717, 1.165) is 12.6 Å². The number of halogens is 4. The average molecular weight is 471 g/mol. The first kappa shape index (κ1) is 23.8. The molecule has 182 valence electrons. The summed E-state index contributed by atoms with van der Waals surface area (Å²) in [6, 6.07) is 0. The third-order valence-corrected chi connectivity index (χ3v) is 6.77. The largest absolute Gasteiger partial charge is 0.444 e. The van der Waals surface area contributed by atoms with Crippen LogP contribution in [0.2, 0.25) is 0 Å². The number of alkyl halides is 3. The van der Waals surface area contributed by atoms with Crippen molar-refractivity contribution in [1.82, 2.24) is 19.9 Å². The number of imidazole rings is 1. The highest BCUT2D eigenvalue weighted by atomic mass is 19.4. The number of hydrogen-bond donors (Lipinski definition) is 1. The number of piperidine rings is 1. The van der Waals surface area contributed by atoms with Gasteiger partial charge in [0.05, 0.1) is 11.7 Å². The van der Waals surface area contributed by atoms with Crippen LogP contribution in [0.3, 0.4) is 0 Å². The van der Waals surface area contributed by atoms with Crippen molar-refractivity contribution < 1.29 is 27.1 Å². The topological polar surface area (TPSA) is 71.1 Å². The van der Waals surface area contributed by atoms with Crippen molar-refractivity contribution in [1.29, 1.82) is 0 Å². The van der Waals surface area contributed by atoms with E-state index in [1.165, 1.54) is 0 Å². The van der Waals surface area contributed by atoms with Gasteiger partial charge in [-0.05, 0) is 58.8 Å². The quantitative estimate of drug-likeness (QED) is 0.559. The second-order valence-electron chi connectivity index (χ2n) is 10.3. The fourth-order valence-corrected chi connectivity index (χ4v) is 4.87. The van der Waals surface area contributed by atoms with Crippen LogP contribution in [0.4, 0.5) is 22.4 Å². The summed E-state index contributed by atoms with van der Waals surface area (Å²) in [5.74, 6) is -0.153. The van der Waals surface area contributed by atoms with E-state index in [0.29, 0.717) is 61.3 Å². The number of aromatic nitrogens is 3. The number of likely N-dealkylation sites (tertiary alicyclic amines) is 1. The molecular formula is C23H30F4N4O2. The number of H-pyrrole nitrogens is 1. The molecule has 2 fully saturated rings. The number of nitrogens with zero attached hydrogens (tertiary/aromatic N) is 3. The van der Waals surface area contributed by atoms with Gasteiger partial charge in [-0.2, -0.15) is 13.2 Å². The van der Waals surface area contributed by atoms with Crippen LogP contribution in [0, 0.1) is 5.82 Å². The van der Waals surface area contributed by atoms with Crippen LogP contribution < -0.4 is 0 Å². The molecule has 0 atom stereocenters. The molecule has 0 spiro atoms. The minimum atomic E-state index is -4.23. The van der Waals surface area contributed by atoms with Crippen molar-refractivity contribution >= 4 is 17.3 Å². The Morgan fingerprint density at radius 2 is 1.91 bits per heavy atom. The van der Waals surface area contributed by atoms with Gasteiger partial charge in [0.2, 0.25) is 0 Å². The molecule has 1 saturated carbocycles. The maximum Gasteiger partial charge on any atom is 0.410 e. The zero-order valence-corrected chi connectivity index (χ0v) is 19.2. The SMILES string of the molecule is CC(C)(C)OC(=O)N1CCC(c2c(F)cnc3nc(C4(CCC(F)(F)F)CCC4)[nH]c23)CC1. The summed E-state index contributed by atoms with van der Waals surface area (Å²) in [6.45, 7) is 6.28. The van der Waals surface area contributed by atoms with E-state index >= 15 is 0 Å². The van der Waals surface area contributed by atoms with Crippen LogP contribution in [0.5, 0.6) is 0 Å². The van der Waals surface area contributed by atoms with Gasteiger partial charge in [0.1, 0.15) is 17.2 Å². The molecule has 0 unspecified atom stereocenters. The Balaban J connectivity index is 1.55. The highest BCUT2D eigenvalue weighted by Gasteiger charge is 2.44. The van der Waals surface area contributed by atoms with Crippen LogP contribution in [0.15, 0.2) is 6.20 Å². The van der Waals surface area contributed by atoms with Gasteiger partial charge < -0.3 is 14.6 Å². The van der Waals surface area contributed by atoms with Crippen molar-refractivity contribution in [2.24, 2.45) is 0 Å². The lowest BCUT2D eigenvalue weighted by molar-refractivity contribution is -0.140. The molecule has 0 radical (unpaired) electrons. The average Bonchev–Trinajstić information content (AvgIpc) is 3.09. The number of carbonyl (C=O) groups is 1. The Kier molecular flexibility index (Phi) is 6.07. The number of amides is 1. The van der Waals surface area contributed by atoms with Gasteiger partial charge in [-0.15, -0.1) is 0 Å². The maximum atomic E-state index is 14.9. The highest BCUT2D eigenvalue weighted by molar-refractivity contribution is 5.76. The summed E-state index contributed by atoms with van der Waals surface area (Å²) >= 11 is 0. The fourth-order valence-electron chi connectivity index (χ4n) is 4.87. The molecular weight excluding hydrogens is 440 g/mol. The normalized spacial score (nSPS) is 19.5. The number of carbonyl (C=O) groups excluding carboxylic acids is 1. The van der Waals surface area contributed by atoms with E-state index in [1.54, 1.807) is 25.7 Å². The van der Waals surface area contributed by atoms with E-state index in [1.807, 2.05) is 0 Å². The van der Waals surface area contributed by atoms with Gasteiger partial charge in [0.25, 0.3) is 0 Å². The Labute approximate surface area is 190 Å². The van der Waals surface area contributed by atoms with Crippen molar-refractivity contribution in [3.05, 3.63) is 23.4 Å². The van der Waals surface area contributed by atoms with E-state index in [4.69, 9.17) is 4.74 Å². The smallest absolute Gasteiger partial charge is 0.410 e. The summed E-state index contributed by atoms with van der Waals surface area (Å²) in [4.78, 5) is 25.7. The molecule has 1 amide bonds. The standard InChI is InChI=1S/C23H30F4N4O2/c1-21(2,3)33-20(32)31-11-5-14(6-12-31)16-15(24)13-28-18-17(16)29-19(30-18)22(7-4-8-22)9-10-23(25,26)27/h13-14H,4-12H2,1-3H3,(H,28,29,30). The van der Waals surface area contributed by atoms with Gasteiger partial charge in [0, 0.05) is 30.5 Å². The Hall–Kier alpha value is -2.39. The van der Waals surface area contributed by atoms with E-state index in [2.05, 4.69) is 15.0 Å². The Morgan fingerprint density at radius 1 is 1.24 bits per heavy atom. The molecule has 0 aromatic carbocycles. The first-order chi connectivity index (χ1) is 15.4. The molecule has 3 heterocycles. The second kappa shape index (κ2) is 8.43. The van der Waals surface area contributed by atoms with Crippen LogP contribution in [0.25, 0.3) is 11.2 Å². The fraction of sp³-hybridized carbons (Fsp3) is 0.696. The number of aromatic amines is 1. The third kappa shape index (κ3) is 5.09. The number of nitrogens with one attached hydrogen (secondary N) is 1. The van der Waals surface area contributed by atoms with Crippen molar-refractivity contribution in [2.45, 2.75) is 88.8 Å². The lowest BCUT2D eigenvalue weighted by Crippen LogP contribution is -2.41. The van der Waals surface area contributed by atoms with E-state index < -0.39 is 29.4 Å². The van der Waals surface area contributed by atoms with Crippen LogP contribution >= 0.6 is 0 Å². The number of ether oxygens (including phenoxy) is 1. The van der Waals surface area contributed by atoms with Crippen molar-refractivity contribution in [3.8, 4) is 0 Å². The molecule has 2 aliphatic rings. The summed E-state index contributed by atoms with van der Waals surface area (Å²) in [5, 5.41) is 0. The number of rotatable bonds is 4. The molecule has 4 rings (SSSR count). The molecule has 6 nitrogen and oxygen atoms in total. The van der Waals surface area contributed by atoms with Gasteiger partial charge in [-0.3, -0.25) is 0 Å². The number of pyridine rings is 1. The maximum absolute atomic E-state index is 14.9. The van der Waals surface area contributed by atoms with Gasteiger partial charge >= 0.3 is 12.3 Å². The summed E-state index contributed by atoms with van der Waals surface area (Å²) in [5.41, 5.74) is -0.0155. The Bertz CT molecular complexity index is 1020. The summed E-state index contributed by atoms with van der Waals surface area (Å²) < 4.78 is 59.0. The molecule has 0 bridgehead atoms. The third-order valence-electron chi connectivity index (χ3n) is 6.77. The Morgan fingerprint density at radius 3 is 2.45 bits per heavy atom. The molecule has 1 aliphatic heterocycles. The van der Waals surface area contributed by atoms with E-state index in [9.17, 15) is 22.4 Å². The molecule has 33 heavy (non-hydrogen) atoms. The van der Waals surface area contributed by atoms with Crippen LogP contribution in [-0.2, 0) is 10.2 Å².